The molecule has 1 aromatic rings. The molecule has 10 heteroatoms. The van der Waals surface area contributed by atoms with Crippen molar-refractivity contribution in [3.05, 3.63) is 30.3 Å². The molecule has 1 rings (SSSR count). The summed E-state index contributed by atoms with van der Waals surface area (Å²) in [6.07, 6.45) is -1.29. The van der Waals surface area contributed by atoms with Crippen LogP contribution >= 0.6 is 0 Å². The van der Waals surface area contributed by atoms with Gasteiger partial charge in [0.25, 0.3) is 16.0 Å². The lowest BCUT2D eigenvalue weighted by Gasteiger charge is -2.37. The fourth-order valence-corrected chi connectivity index (χ4v) is 4.69. The van der Waals surface area contributed by atoms with Gasteiger partial charge in [-0.2, -0.15) is 16.8 Å². The van der Waals surface area contributed by atoms with Gasteiger partial charge in [0.2, 0.25) is 0 Å². The third kappa shape index (κ3) is 3.70. The molecule has 0 aromatic heterocycles. The molecule has 0 spiro atoms. The number of para-hydroxylation sites is 1. The molecule has 24 heavy (non-hydrogen) atoms. The van der Waals surface area contributed by atoms with Crippen LogP contribution < -0.4 is 4.18 Å². The van der Waals surface area contributed by atoms with Gasteiger partial charge in [-0.1, -0.05) is 32.0 Å². The summed E-state index contributed by atoms with van der Waals surface area (Å²) in [6, 6.07) is 7.03. The summed E-state index contributed by atoms with van der Waals surface area (Å²) in [5, 5.41) is -2.45. The second kappa shape index (κ2) is 6.93. The van der Waals surface area contributed by atoms with Gasteiger partial charge in [-0.15, -0.1) is 0 Å². The first-order chi connectivity index (χ1) is 10.8. The first-order valence-electron chi connectivity index (χ1n) is 7.16. The topological polar surface area (TPSA) is 97.7 Å². The summed E-state index contributed by atoms with van der Waals surface area (Å²) < 4.78 is 88.2. The van der Waals surface area contributed by atoms with Crippen LogP contribution in [0.1, 0.15) is 33.6 Å². The van der Waals surface area contributed by atoms with E-state index in [0.29, 0.717) is 6.92 Å². The van der Waals surface area contributed by atoms with E-state index in [4.69, 9.17) is 4.18 Å². The zero-order valence-corrected chi connectivity index (χ0v) is 15.1. The number of rotatable bonds is 8. The van der Waals surface area contributed by atoms with Crippen molar-refractivity contribution < 1.29 is 34.4 Å². The molecule has 0 aliphatic rings. The molecule has 2 atom stereocenters. The fraction of sp³-hybridized carbons (Fsp3) is 0.571. The van der Waals surface area contributed by atoms with Gasteiger partial charge in [0.05, 0.1) is 0 Å². The molecule has 0 bridgehead atoms. The highest BCUT2D eigenvalue weighted by atomic mass is 32.2. The van der Waals surface area contributed by atoms with Crippen molar-refractivity contribution in [2.45, 2.75) is 49.5 Å². The summed E-state index contributed by atoms with van der Waals surface area (Å²) in [5.74, 6) is -4.45. The van der Waals surface area contributed by atoms with E-state index >= 15 is 0 Å². The molecular weight excluding hydrogens is 366 g/mol. The van der Waals surface area contributed by atoms with Crippen LogP contribution in [0.15, 0.2) is 30.3 Å². The number of benzene rings is 1. The largest absolute Gasteiger partial charge is 0.382 e. The molecule has 0 fully saturated rings. The van der Waals surface area contributed by atoms with Crippen LogP contribution in [-0.4, -0.2) is 37.3 Å². The van der Waals surface area contributed by atoms with E-state index in [1.54, 1.807) is 6.07 Å². The van der Waals surface area contributed by atoms with Crippen LogP contribution in [0.2, 0.25) is 0 Å². The van der Waals surface area contributed by atoms with Gasteiger partial charge < -0.3 is 4.18 Å². The van der Waals surface area contributed by atoms with Gasteiger partial charge in [-0.05, 0) is 31.9 Å². The van der Waals surface area contributed by atoms with E-state index in [1.165, 1.54) is 31.2 Å². The van der Waals surface area contributed by atoms with Crippen LogP contribution in [0.3, 0.4) is 0 Å². The molecule has 0 amide bonds. The van der Waals surface area contributed by atoms with Crippen molar-refractivity contribution in [2.75, 3.05) is 0 Å². The summed E-state index contributed by atoms with van der Waals surface area (Å²) in [6.45, 7) is 2.91. The average molecular weight is 386 g/mol. The van der Waals surface area contributed by atoms with E-state index in [2.05, 4.69) is 0 Å². The average Bonchev–Trinajstić information content (AvgIpc) is 2.45. The first-order valence-corrected chi connectivity index (χ1v) is 10.1. The summed E-state index contributed by atoms with van der Waals surface area (Å²) >= 11 is 0. The van der Waals surface area contributed by atoms with E-state index in [0.717, 1.165) is 6.92 Å². The lowest BCUT2D eigenvalue weighted by Crippen LogP contribution is -2.59. The molecule has 0 aliphatic heterocycles. The van der Waals surface area contributed by atoms with Crippen molar-refractivity contribution in [2.24, 2.45) is 0 Å². The molecule has 0 saturated carbocycles. The fourth-order valence-electron chi connectivity index (χ4n) is 2.24. The second-order valence-corrected chi connectivity index (χ2v) is 9.04. The van der Waals surface area contributed by atoms with Crippen LogP contribution in [0.5, 0.6) is 5.75 Å². The molecule has 0 saturated heterocycles. The predicted molar refractivity (Wildman–Crippen MR) is 85.3 cm³/mol. The van der Waals surface area contributed by atoms with Crippen molar-refractivity contribution in [1.82, 2.24) is 0 Å². The SMILES string of the molecule is CCC(C(F)(F)[C@@](C)(CC)S(=O)(=O)O)S(=O)(=O)Oc1ccccc1. The number of hydrogen-bond acceptors (Lipinski definition) is 5. The summed E-state index contributed by atoms with van der Waals surface area (Å²) in [5.41, 5.74) is 0. The van der Waals surface area contributed by atoms with Gasteiger partial charge in [0.15, 0.2) is 10.00 Å². The lowest BCUT2D eigenvalue weighted by molar-refractivity contribution is -0.0468. The summed E-state index contributed by atoms with van der Waals surface area (Å²) in [7, 11) is -10.1. The number of alkyl halides is 2. The molecule has 138 valence electrons. The van der Waals surface area contributed by atoms with Crippen LogP contribution in [0.25, 0.3) is 0 Å². The zero-order chi connectivity index (χ0) is 18.8. The highest BCUT2D eigenvalue weighted by molar-refractivity contribution is 7.88. The third-order valence-electron chi connectivity index (χ3n) is 4.03. The van der Waals surface area contributed by atoms with E-state index in [9.17, 15) is 30.2 Å². The quantitative estimate of drug-likeness (QED) is 0.545. The Morgan fingerprint density at radius 1 is 1.12 bits per heavy atom. The van der Waals surface area contributed by atoms with Crippen molar-refractivity contribution in [1.29, 1.82) is 0 Å². The Labute approximate surface area is 140 Å². The van der Waals surface area contributed by atoms with Gasteiger partial charge in [-0.25, -0.2) is 8.78 Å². The van der Waals surface area contributed by atoms with Gasteiger partial charge in [0.1, 0.15) is 5.75 Å². The van der Waals surface area contributed by atoms with Crippen LogP contribution in [0.4, 0.5) is 8.78 Å². The minimum absolute atomic E-state index is 0.170. The normalized spacial score (nSPS) is 17.1. The second-order valence-electron chi connectivity index (χ2n) is 5.47. The highest BCUT2D eigenvalue weighted by Crippen LogP contribution is 2.44. The maximum Gasteiger partial charge on any atom is 0.318 e. The smallest absolute Gasteiger partial charge is 0.318 e. The Morgan fingerprint density at radius 2 is 1.62 bits per heavy atom. The predicted octanol–water partition coefficient (Wildman–Crippen LogP) is 2.87. The molecule has 6 nitrogen and oxygen atoms in total. The Balaban J connectivity index is 3.37. The molecule has 0 aliphatic carbocycles. The zero-order valence-electron chi connectivity index (χ0n) is 13.4. The Kier molecular flexibility index (Phi) is 6.00. The molecule has 1 unspecified atom stereocenters. The van der Waals surface area contributed by atoms with Crippen molar-refractivity contribution in [3.63, 3.8) is 0 Å². The lowest BCUT2D eigenvalue weighted by atomic mass is 9.95. The van der Waals surface area contributed by atoms with E-state index in [1.807, 2.05) is 0 Å². The molecule has 0 radical (unpaired) electrons. The Hall–Kier alpha value is -1.26. The van der Waals surface area contributed by atoms with E-state index in [-0.39, 0.29) is 5.75 Å². The Bertz CT molecular complexity index is 762. The monoisotopic (exact) mass is 386 g/mol. The number of hydrogen-bond donors (Lipinski definition) is 1. The molecule has 0 heterocycles. The Morgan fingerprint density at radius 3 is 2.00 bits per heavy atom. The van der Waals surface area contributed by atoms with E-state index < -0.39 is 49.0 Å². The maximum atomic E-state index is 14.8. The first kappa shape index (κ1) is 20.8. The molecule has 1 aromatic carbocycles. The van der Waals surface area contributed by atoms with Crippen molar-refractivity contribution in [3.8, 4) is 5.75 Å². The molecule has 1 N–H and O–H groups in total. The number of halogens is 2. The highest BCUT2D eigenvalue weighted by Gasteiger charge is 2.65. The summed E-state index contributed by atoms with van der Waals surface area (Å²) in [4.78, 5) is 0. The maximum absolute atomic E-state index is 14.8. The third-order valence-corrected chi connectivity index (χ3v) is 7.48. The van der Waals surface area contributed by atoms with Crippen LogP contribution in [0, 0.1) is 0 Å². The van der Waals surface area contributed by atoms with Crippen molar-refractivity contribution >= 4 is 20.2 Å². The minimum atomic E-state index is -5.23. The van der Waals surface area contributed by atoms with Gasteiger partial charge >= 0.3 is 10.1 Å². The standard InChI is InChI=1S/C14H20F2O6S2/c1-4-12(14(15,16)13(3,5-2)24(19,20)21)23(17,18)22-11-9-7-6-8-10-11/h6-10,12H,4-5H2,1-3H3,(H,19,20,21)/t12?,13-/m1/s1. The van der Waals surface area contributed by atoms with Gasteiger partial charge in [0, 0.05) is 0 Å². The molecular formula is C14H20F2O6S2. The minimum Gasteiger partial charge on any atom is -0.382 e. The van der Waals surface area contributed by atoms with Crippen LogP contribution in [-0.2, 0) is 20.2 Å². The van der Waals surface area contributed by atoms with Gasteiger partial charge in [-0.3, -0.25) is 4.55 Å².